The van der Waals surface area contributed by atoms with E-state index in [0.29, 0.717) is 5.69 Å². The molecule has 17 heavy (non-hydrogen) atoms. The highest BCUT2D eigenvalue weighted by atomic mass is 35.5. The summed E-state index contributed by atoms with van der Waals surface area (Å²) in [6, 6.07) is 2.88. The Balaban J connectivity index is 3.03. The molecular weight excluding hydrogens is 264 g/mol. The maximum absolute atomic E-state index is 11.9. The SMILES string of the molecule is COCCNS(=O)(=O)c1cc(N)c(C)cc1Cl. The first kappa shape index (κ1) is 14.2. The molecule has 0 fully saturated rings. The number of methoxy groups -OCH3 is 1. The highest BCUT2D eigenvalue weighted by Crippen LogP contribution is 2.26. The Morgan fingerprint density at radius 2 is 2.12 bits per heavy atom. The summed E-state index contributed by atoms with van der Waals surface area (Å²) in [6.07, 6.45) is 0. The van der Waals surface area contributed by atoms with Crippen LogP contribution in [0, 0.1) is 6.92 Å². The molecule has 0 amide bonds. The summed E-state index contributed by atoms with van der Waals surface area (Å²) < 4.78 is 30.9. The van der Waals surface area contributed by atoms with Crippen molar-refractivity contribution in [1.82, 2.24) is 4.72 Å². The normalized spacial score (nSPS) is 11.7. The number of aryl methyl sites for hydroxylation is 1. The number of anilines is 1. The van der Waals surface area contributed by atoms with Crippen LogP contribution in [-0.2, 0) is 14.8 Å². The van der Waals surface area contributed by atoms with Gasteiger partial charge in [0.15, 0.2) is 0 Å². The lowest BCUT2D eigenvalue weighted by atomic mass is 10.2. The number of rotatable bonds is 5. The van der Waals surface area contributed by atoms with Crippen molar-refractivity contribution in [3.8, 4) is 0 Å². The van der Waals surface area contributed by atoms with Crippen LogP contribution >= 0.6 is 11.6 Å². The number of nitrogen functional groups attached to an aromatic ring is 1. The van der Waals surface area contributed by atoms with Gasteiger partial charge in [0.05, 0.1) is 11.6 Å². The zero-order valence-corrected chi connectivity index (χ0v) is 11.2. The number of ether oxygens (including phenoxy) is 1. The maximum Gasteiger partial charge on any atom is 0.242 e. The summed E-state index contributed by atoms with van der Waals surface area (Å²) >= 11 is 5.89. The molecule has 0 heterocycles. The number of sulfonamides is 1. The van der Waals surface area contributed by atoms with Crippen molar-refractivity contribution in [2.75, 3.05) is 26.0 Å². The van der Waals surface area contributed by atoms with Gasteiger partial charge >= 0.3 is 0 Å². The van der Waals surface area contributed by atoms with E-state index < -0.39 is 10.0 Å². The van der Waals surface area contributed by atoms with Gasteiger partial charge in [-0.15, -0.1) is 0 Å². The molecule has 1 aromatic carbocycles. The van der Waals surface area contributed by atoms with Crippen molar-refractivity contribution >= 4 is 27.3 Å². The molecule has 0 aliphatic rings. The van der Waals surface area contributed by atoms with Gasteiger partial charge in [0.25, 0.3) is 0 Å². The Hall–Kier alpha value is -0.820. The van der Waals surface area contributed by atoms with Crippen molar-refractivity contribution in [1.29, 1.82) is 0 Å². The van der Waals surface area contributed by atoms with Gasteiger partial charge in [0.1, 0.15) is 4.90 Å². The topological polar surface area (TPSA) is 81.4 Å². The van der Waals surface area contributed by atoms with Crippen LogP contribution in [0.25, 0.3) is 0 Å². The second-order valence-corrected chi connectivity index (χ2v) is 5.67. The molecule has 0 unspecified atom stereocenters. The van der Waals surface area contributed by atoms with Crippen LogP contribution in [0.1, 0.15) is 5.56 Å². The smallest absolute Gasteiger partial charge is 0.242 e. The van der Waals surface area contributed by atoms with Crippen LogP contribution in [0.3, 0.4) is 0 Å². The molecule has 0 spiro atoms. The molecule has 0 radical (unpaired) electrons. The van der Waals surface area contributed by atoms with E-state index in [-0.39, 0.29) is 23.1 Å². The van der Waals surface area contributed by atoms with Gasteiger partial charge in [0.2, 0.25) is 10.0 Å². The molecule has 3 N–H and O–H groups in total. The average molecular weight is 279 g/mol. The van der Waals surface area contributed by atoms with Gasteiger partial charge in [-0.3, -0.25) is 0 Å². The van der Waals surface area contributed by atoms with E-state index in [2.05, 4.69) is 4.72 Å². The first-order valence-corrected chi connectivity index (χ1v) is 6.79. The van der Waals surface area contributed by atoms with E-state index >= 15 is 0 Å². The minimum absolute atomic E-state index is 0.0154. The third kappa shape index (κ3) is 3.57. The number of benzene rings is 1. The molecule has 1 aromatic rings. The Morgan fingerprint density at radius 3 is 2.71 bits per heavy atom. The molecule has 0 bridgehead atoms. The number of hydrogen-bond donors (Lipinski definition) is 2. The highest BCUT2D eigenvalue weighted by molar-refractivity contribution is 7.89. The van der Waals surface area contributed by atoms with Gasteiger partial charge in [-0.2, -0.15) is 0 Å². The zero-order valence-electron chi connectivity index (χ0n) is 9.66. The summed E-state index contributed by atoms with van der Waals surface area (Å²) in [5, 5.41) is 0.154. The third-order valence-electron chi connectivity index (χ3n) is 2.21. The quantitative estimate of drug-likeness (QED) is 0.625. The van der Waals surface area contributed by atoms with Crippen LogP contribution in [0.15, 0.2) is 17.0 Å². The van der Waals surface area contributed by atoms with Gasteiger partial charge in [-0.25, -0.2) is 13.1 Å². The van der Waals surface area contributed by atoms with Crippen molar-refractivity contribution < 1.29 is 13.2 Å². The molecule has 0 saturated heterocycles. The second kappa shape index (κ2) is 5.68. The third-order valence-corrected chi connectivity index (χ3v) is 4.13. The zero-order chi connectivity index (χ0) is 13.1. The van der Waals surface area contributed by atoms with Crippen LogP contribution in [0.4, 0.5) is 5.69 Å². The molecule has 7 heteroatoms. The average Bonchev–Trinajstić information content (AvgIpc) is 2.23. The summed E-state index contributed by atoms with van der Waals surface area (Å²) in [7, 11) is -2.15. The molecule has 0 aromatic heterocycles. The van der Waals surface area contributed by atoms with Gasteiger partial charge in [-0.05, 0) is 24.6 Å². The Kier molecular flexibility index (Phi) is 4.76. The number of hydrogen-bond acceptors (Lipinski definition) is 4. The predicted molar refractivity (Wildman–Crippen MR) is 67.7 cm³/mol. The van der Waals surface area contributed by atoms with E-state index in [1.165, 1.54) is 19.2 Å². The van der Waals surface area contributed by atoms with Crippen molar-refractivity contribution in [3.63, 3.8) is 0 Å². The minimum atomic E-state index is -3.64. The minimum Gasteiger partial charge on any atom is -0.398 e. The van der Waals surface area contributed by atoms with E-state index in [1.807, 2.05) is 0 Å². The lowest BCUT2D eigenvalue weighted by molar-refractivity contribution is 0.204. The van der Waals surface area contributed by atoms with E-state index in [4.69, 9.17) is 22.1 Å². The van der Waals surface area contributed by atoms with Crippen LogP contribution < -0.4 is 10.5 Å². The highest BCUT2D eigenvalue weighted by Gasteiger charge is 2.18. The summed E-state index contributed by atoms with van der Waals surface area (Å²) in [4.78, 5) is -0.0154. The van der Waals surface area contributed by atoms with Crippen molar-refractivity contribution in [2.45, 2.75) is 11.8 Å². The second-order valence-electron chi connectivity index (χ2n) is 3.53. The van der Waals surface area contributed by atoms with Crippen molar-refractivity contribution in [2.24, 2.45) is 0 Å². The Morgan fingerprint density at radius 1 is 1.47 bits per heavy atom. The number of nitrogens with two attached hydrogens (primary N) is 1. The number of halogens is 1. The lowest BCUT2D eigenvalue weighted by Gasteiger charge is -2.10. The molecule has 5 nitrogen and oxygen atoms in total. The molecule has 0 saturated carbocycles. The van der Waals surface area contributed by atoms with E-state index in [0.717, 1.165) is 5.56 Å². The van der Waals surface area contributed by atoms with Gasteiger partial charge in [-0.1, -0.05) is 11.6 Å². The Labute approximate surface area is 106 Å². The van der Waals surface area contributed by atoms with E-state index in [1.54, 1.807) is 6.92 Å². The predicted octanol–water partition coefficient (Wildman–Crippen LogP) is 1.16. The molecule has 1 rings (SSSR count). The summed E-state index contributed by atoms with van der Waals surface area (Å²) in [5.74, 6) is 0. The summed E-state index contributed by atoms with van der Waals surface area (Å²) in [5.41, 5.74) is 6.80. The van der Waals surface area contributed by atoms with Crippen LogP contribution in [-0.4, -0.2) is 28.7 Å². The fraction of sp³-hybridized carbons (Fsp3) is 0.400. The van der Waals surface area contributed by atoms with Crippen molar-refractivity contribution in [3.05, 3.63) is 22.7 Å². The first-order valence-electron chi connectivity index (χ1n) is 4.92. The standard InChI is InChI=1S/C10H15ClN2O3S/c1-7-5-8(11)10(6-9(7)12)17(14,15)13-3-4-16-2/h5-6,13H,3-4,12H2,1-2H3. The fourth-order valence-corrected chi connectivity index (χ4v) is 2.86. The first-order chi connectivity index (χ1) is 7.88. The number of nitrogens with one attached hydrogen (secondary N) is 1. The molecule has 96 valence electrons. The molecule has 0 atom stereocenters. The van der Waals surface area contributed by atoms with Gasteiger partial charge in [0, 0.05) is 19.3 Å². The molecular formula is C10H15ClN2O3S. The maximum atomic E-state index is 11.9. The molecule has 0 aliphatic heterocycles. The monoisotopic (exact) mass is 278 g/mol. The van der Waals surface area contributed by atoms with Gasteiger partial charge < -0.3 is 10.5 Å². The largest absolute Gasteiger partial charge is 0.398 e. The summed E-state index contributed by atoms with van der Waals surface area (Å²) in [6.45, 7) is 2.23. The van der Waals surface area contributed by atoms with E-state index in [9.17, 15) is 8.42 Å². The Bertz CT molecular complexity index is 503. The lowest BCUT2D eigenvalue weighted by Crippen LogP contribution is -2.27. The van der Waals surface area contributed by atoms with Crippen LogP contribution in [0.2, 0.25) is 5.02 Å². The fourth-order valence-electron chi connectivity index (χ4n) is 1.23. The van der Waals surface area contributed by atoms with Crippen LogP contribution in [0.5, 0.6) is 0 Å². The molecule has 0 aliphatic carbocycles.